The van der Waals surface area contributed by atoms with Crippen LogP contribution in [0.2, 0.25) is 5.02 Å². The molecule has 1 aromatic carbocycles. The standard InChI is InChI=1S/C11H13ClN2O3S3/c1-13-20(16,17)9-5-7(3-4-8(9)12)11(15)6-19-10(18)14(11)2/h3-5,13,15H,6H2,1-2H3. The van der Waals surface area contributed by atoms with Crippen LogP contribution in [0.15, 0.2) is 23.1 Å². The molecule has 0 radical (unpaired) electrons. The molecule has 1 saturated heterocycles. The van der Waals surface area contributed by atoms with Crippen LogP contribution in [0.1, 0.15) is 5.56 Å². The van der Waals surface area contributed by atoms with Crippen molar-refractivity contribution in [2.45, 2.75) is 10.6 Å². The van der Waals surface area contributed by atoms with Crippen molar-refractivity contribution in [2.75, 3.05) is 19.8 Å². The summed E-state index contributed by atoms with van der Waals surface area (Å²) >= 11 is 12.4. The van der Waals surface area contributed by atoms with Gasteiger partial charge in [0.25, 0.3) is 0 Å². The molecule has 0 spiro atoms. The highest BCUT2D eigenvalue weighted by Gasteiger charge is 2.42. The minimum atomic E-state index is -3.69. The summed E-state index contributed by atoms with van der Waals surface area (Å²) < 4.78 is 26.6. The number of benzene rings is 1. The van der Waals surface area contributed by atoms with Crippen LogP contribution < -0.4 is 4.72 Å². The summed E-state index contributed by atoms with van der Waals surface area (Å²) in [5, 5.41) is 10.8. The lowest BCUT2D eigenvalue weighted by atomic mass is 10.0. The number of aliphatic hydroxyl groups is 1. The second-order valence-electron chi connectivity index (χ2n) is 4.28. The third-order valence-electron chi connectivity index (χ3n) is 3.18. The van der Waals surface area contributed by atoms with Gasteiger partial charge < -0.3 is 10.0 Å². The van der Waals surface area contributed by atoms with E-state index in [1.807, 2.05) is 0 Å². The van der Waals surface area contributed by atoms with Crippen LogP contribution in [-0.2, 0) is 15.7 Å². The van der Waals surface area contributed by atoms with E-state index in [-0.39, 0.29) is 9.92 Å². The lowest BCUT2D eigenvalue weighted by Crippen LogP contribution is -2.41. The Hall–Kier alpha value is -0.380. The smallest absolute Gasteiger partial charge is 0.241 e. The van der Waals surface area contributed by atoms with E-state index in [4.69, 9.17) is 23.8 Å². The Balaban J connectivity index is 2.56. The summed E-state index contributed by atoms with van der Waals surface area (Å²) in [7, 11) is -0.715. The minimum absolute atomic E-state index is 0.0659. The fourth-order valence-electron chi connectivity index (χ4n) is 1.85. The molecule has 1 aliphatic rings. The molecule has 1 heterocycles. The highest BCUT2D eigenvalue weighted by atomic mass is 35.5. The molecule has 0 aromatic heterocycles. The number of halogens is 1. The third kappa shape index (κ3) is 2.56. The fourth-order valence-corrected chi connectivity index (χ4v) is 4.46. The third-order valence-corrected chi connectivity index (χ3v) is 6.77. The number of thioether (sulfide) groups is 1. The average molecular weight is 353 g/mol. The Kier molecular flexibility index (Phi) is 4.35. The average Bonchev–Trinajstić information content (AvgIpc) is 2.68. The number of rotatable bonds is 3. The maximum absolute atomic E-state index is 11.9. The molecule has 1 aliphatic heterocycles. The van der Waals surface area contributed by atoms with Gasteiger partial charge in [0.1, 0.15) is 9.22 Å². The van der Waals surface area contributed by atoms with Gasteiger partial charge in [-0.15, -0.1) is 0 Å². The molecule has 0 bridgehead atoms. The summed E-state index contributed by atoms with van der Waals surface area (Å²) in [6.07, 6.45) is 0. The molecule has 2 rings (SSSR count). The van der Waals surface area contributed by atoms with E-state index < -0.39 is 15.7 Å². The second-order valence-corrected chi connectivity index (χ2v) is 8.15. The van der Waals surface area contributed by atoms with Crippen LogP contribution in [0.4, 0.5) is 0 Å². The van der Waals surface area contributed by atoms with Crippen molar-refractivity contribution < 1.29 is 13.5 Å². The Labute approximate surface area is 132 Å². The lowest BCUT2D eigenvalue weighted by molar-refractivity contribution is -0.0338. The zero-order chi connectivity index (χ0) is 15.1. The maximum Gasteiger partial charge on any atom is 0.241 e. The van der Waals surface area contributed by atoms with Gasteiger partial charge in [-0.05, 0) is 19.2 Å². The Bertz CT molecular complexity index is 665. The second kappa shape index (κ2) is 5.43. The molecular formula is C11H13ClN2O3S3. The lowest BCUT2D eigenvalue weighted by Gasteiger charge is -2.31. The largest absolute Gasteiger partial charge is 0.366 e. The molecule has 5 nitrogen and oxygen atoms in total. The monoisotopic (exact) mass is 352 g/mol. The van der Waals surface area contributed by atoms with Crippen LogP contribution in [0.25, 0.3) is 0 Å². The van der Waals surface area contributed by atoms with Crippen LogP contribution in [-0.4, -0.2) is 42.6 Å². The van der Waals surface area contributed by atoms with E-state index in [0.29, 0.717) is 15.6 Å². The normalized spacial score (nSPS) is 23.4. The molecule has 110 valence electrons. The van der Waals surface area contributed by atoms with Gasteiger partial charge in [-0.1, -0.05) is 41.6 Å². The van der Waals surface area contributed by atoms with Gasteiger partial charge in [-0.3, -0.25) is 0 Å². The van der Waals surface area contributed by atoms with Gasteiger partial charge in [0, 0.05) is 12.6 Å². The molecule has 1 atom stereocenters. The van der Waals surface area contributed by atoms with Gasteiger partial charge in [0.2, 0.25) is 10.0 Å². The molecule has 0 aliphatic carbocycles. The first-order valence-electron chi connectivity index (χ1n) is 5.59. The van der Waals surface area contributed by atoms with Gasteiger partial charge in [-0.2, -0.15) is 0 Å². The van der Waals surface area contributed by atoms with E-state index >= 15 is 0 Å². The highest BCUT2D eigenvalue weighted by molar-refractivity contribution is 8.23. The fraction of sp³-hybridized carbons (Fsp3) is 0.364. The summed E-state index contributed by atoms with van der Waals surface area (Å²) in [5.41, 5.74) is -0.893. The highest BCUT2D eigenvalue weighted by Crippen LogP contribution is 2.39. The van der Waals surface area contributed by atoms with Crippen molar-refractivity contribution in [2.24, 2.45) is 0 Å². The molecule has 0 amide bonds. The van der Waals surface area contributed by atoms with Gasteiger partial charge in [-0.25, -0.2) is 13.1 Å². The number of nitrogens with one attached hydrogen (secondary N) is 1. The SMILES string of the molecule is CNS(=O)(=O)c1cc(C2(O)CSC(=S)N2C)ccc1Cl. The van der Waals surface area contributed by atoms with Crippen molar-refractivity contribution in [3.63, 3.8) is 0 Å². The molecule has 0 saturated carbocycles. The van der Waals surface area contributed by atoms with Gasteiger partial charge >= 0.3 is 0 Å². The van der Waals surface area contributed by atoms with E-state index in [1.165, 1.54) is 30.9 Å². The summed E-state index contributed by atoms with van der Waals surface area (Å²) in [6.45, 7) is 0. The molecule has 2 N–H and O–H groups in total. The molecule has 1 aromatic rings. The van der Waals surface area contributed by atoms with Crippen LogP contribution in [0.5, 0.6) is 0 Å². The van der Waals surface area contributed by atoms with E-state index in [1.54, 1.807) is 18.0 Å². The van der Waals surface area contributed by atoms with Gasteiger partial charge in [0.15, 0.2) is 5.72 Å². The zero-order valence-electron chi connectivity index (χ0n) is 10.8. The Morgan fingerprint density at radius 1 is 1.55 bits per heavy atom. The minimum Gasteiger partial charge on any atom is -0.366 e. The molecule has 1 fully saturated rings. The van der Waals surface area contributed by atoms with Crippen LogP contribution >= 0.6 is 35.6 Å². The Morgan fingerprint density at radius 2 is 2.20 bits per heavy atom. The first-order valence-corrected chi connectivity index (χ1v) is 8.84. The Morgan fingerprint density at radius 3 is 2.70 bits per heavy atom. The number of sulfonamides is 1. The predicted octanol–water partition coefficient (Wildman–Crippen LogP) is 1.36. The number of hydrogen-bond donors (Lipinski definition) is 2. The van der Waals surface area contributed by atoms with Crippen molar-refractivity contribution in [3.8, 4) is 0 Å². The summed E-state index contributed by atoms with van der Waals surface area (Å²) in [6, 6.07) is 4.43. The van der Waals surface area contributed by atoms with Crippen LogP contribution in [0.3, 0.4) is 0 Å². The number of nitrogens with zero attached hydrogens (tertiary/aromatic N) is 1. The van der Waals surface area contributed by atoms with Crippen molar-refractivity contribution in [3.05, 3.63) is 28.8 Å². The van der Waals surface area contributed by atoms with Crippen molar-refractivity contribution >= 4 is 49.9 Å². The molecular weight excluding hydrogens is 340 g/mol. The maximum atomic E-state index is 11.9. The number of hydrogen-bond acceptors (Lipinski definition) is 5. The molecule has 20 heavy (non-hydrogen) atoms. The van der Waals surface area contributed by atoms with E-state index in [9.17, 15) is 13.5 Å². The van der Waals surface area contributed by atoms with E-state index in [2.05, 4.69) is 4.72 Å². The predicted molar refractivity (Wildman–Crippen MR) is 84.4 cm³/mol. The first-order chi connectivity index (χ1) is 9.22. The van der Waals surface area contributed by atoms with E-state index in [0.717, 1.165) is 0 Å². The van der Waals surface area contributed by atoms with Crippen molar-refractivity contribution in [1.29, 1.82) is 0 Å². The first kappa shape index (κ1) is 16.0. The zero-order valence-corrected chi connectivity index (χ0v) is 14.0. The quantitative estimate of drug-likeness (QED) is 0.800. The molecule has 1 unspecified atom stereocenters. The summed E-state index contributed by atoms with van der Waals surface area (Å²) in [4.78, 5) is 1.48. The number of thiocarbonyl (C=S) groups is 1. The topological polar surface area (TPSA) is 69.6 Å². The van der Waals surface area contributed by atoms with Crippen molar-refractivity contribution in [1.82, 2.24) is 9.62 Å². The molecule has 9 heteroatoms. The summed E-state index contributed by atoms with van der Waals surface area (Å²) in [5.74, 6) is 0.336. The van der Waals surface area contributed by atoms with Gasteiger partial charge in [0.05, 0.1) is 10.8 Å². The van der Waals surface area contributed by atoms with Crippen LogP contribution in [0, 0.1) is 0 Å².